The molecule has 6 atom stereocenters. The van der Waals surface area contributed by atoms with Crippen molar-refractivity contribution in [1.29, 1.82) is 5.26 Å². The second kappa shape index (κ2) is 14.0. The van der Waals surface area contributed by atoms with Crippen LogP contribution in [-0.2, 0) is 30.2 Å². The maximum atomic E-state index is 13.2. The molecule has 13 heteroatoms. The summed E-state index contributed by atoms with van der Waals surface area (Å²) in [5.41, 5.74) is 6.67. The van der Waals surface area contributed by atoms with Gasteiger partial charge in [0.05, 0.1) is 18.0 Å². The Morgan fingerprint density at radius 2 is 1.87 bits per heavy atom. The standard InChI is InChI=1S/C25H36N5O7P/c1-16(25(34)35)28-23(32)19(13-18-7-4-3-5-8-18)15-38(36,37)17(2)29-22(31)11-10-21(27)24(33)30-12-6-9-20(30)14-26/h3-5,7-8,16-17,19-21H,6,9-13,15,27H2,1-2H3,(H,28,32)(H,29,31)(H,34,35)(H,36,37)/t16-,17+,19+,20-,21-/m0/s1. The van der Waals surface area contributed by atoms with E-state index in [1.807, 2.05) is 0 Å². The summed E-state index contributed by atoms with van der Waals surface area (Å²) in [6.45, 7) is 3.08. The number of benzene rings is 1. The van der Waals surface area contributed by atoms with Crippen LogP contribution in [0.5, 0.6) is 0 Å². The van der Waals surface area contributed by atoms with Crippen LogP contribution in [0.15, 0.2) is 30.3 Å². The van der Waals surface area contributed by atoms with E-state index >= 15 is 0 Å². The lowest BCUT2D eigenvalue weighted by Gasteiger charge is -2.26. The number of nitriles is 1. The molecule has 1 heterocycles. The Balaban J connectivity index is 1.99. The van der Waals surface area contributed by atoms with Crippen molar-refractivity contribution in [2.24, 2.45) is 11.7 Å². The van der Waals surface area contributed by atoms with Crippen LogP contribution in [0.25, 0.3) is 0 Å². The van der Waals surface area contributed by atoms with Crippen molar-refractivity contribution in [3.63, 3.8) is 0 Å². The second-order valence-corrected chi connectivity index (χ2v) is 12.3. The molecule has 6 N–H and O–H groups in total. The van der Waals surface area contributed by atoms with E-state index in [2.05, 4.69) is 16.7 Å². The van der Waals surface area contributed by atoms with Crippen molar-refractivity contribution < 1.29 is 33.7 Å². The predicted molar refractivity (Wildman–Crippen MR) is 139 cm³/mol. The Bertz CT molecular complexity index is 1090. The molecule has 2 rings (SSSR count). The van der Waals surface area contributed by atoms with E-state index in [9.17, 15) is 28.6 Å². The number of nitrogens with two attached hydrogens (primary N) is 1. The first-order chi connectivity index (χ1) is 17.9. The minimum Gasteiger partial charge on any atom is -0.480 e. The number of hydrogen-bond donors (Lipinski definition) is 5. The number of carboxylic acids is 1. The molecular weight excluding hydrogens is 513 g/mol. The smallest absolute Gasteiger partial charge is 0.325 e. The number of hydrogen-bond acceptors (Lipinski definition) is 7. The van der Waals surface area contributed by atoms with Crippen molar-refractivity contribution in [2.45, 2.75) is 69.9 Å². The van der Waals surface area contributed by atoms with Crippen LogP contribution < -0.4 is 16.4 Å². The molecule has 1 unspecified atom stereocenters. The summed E-state index contributed by atoms with van der Waals surface area (Å²) in [5.74, 6) is -5.14. The summed E-state index contributed by atoms with van der Waals surface area (Å²) in [6.07, 6.45) is 0.724. The zero-order chi connectivity index (χ0) is 28.5. The van der Waals surface area contributed by atoms with Crippen molar-refractivity contribution in [1.82, 2.24) is 15.5 Å². The molecule has 0 radical (unpaired) electrons. The number of likely N-dealkylation sites (tertiary alicyclic amines) is 1. The van der Waals surface area contributed by atoms with Gasteiger partial charge in [0.15, 0.2) is 0 Å². The van der Waals surface area contributed by atoms with E-state index in [0.717, 1.165) is 5.56 Å². The van der Waals surface area contributed by atoms with Gasteiger partial charge in [-0.05, 0) is 45.1 Å². The number of amides is 3. The fourth-order valence-corrected chi connectivity index (χ4v) is 5.79. The Kier molecular flexibility index (Phi) is 11.4. The van der Waals surface area contributed by atoms with Gasteiger partial charge in [-0.15, -0.1) is 0 Å². The van der Waals surface area contributed by atoms with Crippen LogP contribution in [0, 0.1) is 17.2 Å². The van der Waals surface area contributed by atoms with Gasteiger partial charge in [0.1, 0.15) is 17.9 Å². The van der Waals surface area contributed by atoms with E-state index in [4.69, 9.17) is 16.1 Å². The van der Waals surface area contributed by atoms with Crippen LogP contribution >= 0.6 is 7.37 Å². The van der Waals surface area contributed by atoms with Crippen LogP contribution in [0.1, 0.15) is 45.1 Å². The van der Waals surface area contributed by atoms with Crippen molar-refractivity contribution in [3.8, 4) is 6.07 Å². The number of carbonyl (C=O) groups excluding carboxylic acids is 3. The molecule has 38 heavy (non-hydrogen) atoms. The molecule has 1 aromatic rings. The fourth-order valence-electron chi connectivity index (χ4n) is 4.20. The second-order valence-electron chi connectivity index (χ2n) is 9.60. The predicted octanol–water partition coefficient (Wildman–Crippen LogP) is 0.789. The summed E-state index contributed by atoms with van der Waals surface area (Å²) in [7, 11) is -4.13. The van der Waals surface area contributed by atoms with Crippen LogP contribution in [0.4, 0.5) is 0 Å². The molecule has 1 saturated heterocycles. The lowest BCUT2D eigenvalue weighted by Crippen LogP contribution is -2.46. The first-order valence-corrected chi connectivity index (χ1v) is 14.4. The summed E-state index contributed by atoms with van der Waals surface area (Å²) >= 11 is 0. The normalized spacial score (nSPS) is 19.8. The quantitative estimate of drug-likeness (QED) is 0.220. The van der Waals surface area contributed by atoms with Gasteiger partial charge >= 0.3 is 5.97 Å². The zero-order valence-corrected chi connectivity index (χ0v) is 22.5. The van der Waals surface area contributed by atoms with E-state index < -0.39 is 67.0 Å². The molecule has 0 aromatic heterocycles. The maximum Gasteiger partial charge on any atom is 0.325 e. The SMILES string of the molecule is C[C@H](NC(=O)[C@H](Cc1ccccc1)CP(=O)(O)[C@H](C)NC(=O)CC[C@H](N)C(=O)N1CCC[C@H]1C#N)C(=O)O. The molecule has 1 fully saturated rings. The molecule has 1 aromatic carbocycles. The summed E-state index contributed by atoms with van der Waals surface area (Å²) < 4.78 is 13.2. The molecule has 0 bridgehead atoms. The Hall–Kier alpha value is -3.26. The number of rotatable bonds is 13. The number of nitrogens with one attached hydrogen (secondary N) is 2. The van der Waals surface area contributed by atoms with Crippen molar-refractivity contribution in [2.75, 3.05) is 12.7 Å². The lowest BCUT2D eigenvalue weighted by molar-refractivity contribution is -0.141. The van der Waals surface area contributed by atoms with Gasteiger partial charge < -0.3 is 31.3 Å². The van der Waals surface area contributed by atoms with Crippen molar-refractivity contribution in [3.05, 3.63) is 35.9 Å². The van der Waals surface area contributed by atoms with Gasteiger partial charge in [-0.3, -0.25) is 23.7 Å². The highest BCUT2D eigenvalue weighted by Crippen LogP contribution is 2.47. The van der Waals surface area contributed by atoms with Gasteiger partial charge in [0, 0.05) is 19.1 Å². The average molecular weight is 550 g/mol. The fraction of sp³-hybridized carbons (Fsp3) is 0.560. The molecule has 0 aliphatic carbocycles. The first kappa shape index (κ1) is 31.0. The Labute approximate surface area is 222 Å². The van der Waals surface area contributed by atoms with Crippen LogP contribution in [0.3, 0.4) is 0 Å². The zero-order valence-electron chi connectivity index (χ0n) is 21.6. The maximum absolute atomic E-state index is 13.2. The lowest BCUT2D eigenvalue weighted by atomic mass is 10.00. The third kappa shape index (κ3) is 8.94. The number of carboxylic acid groups (broad SMARTS) is 1. The highest BCUT2D eigenvalue weighted by atomic mass is 31.2. The van der Waals surface area contributed by atoms with E-state index in [1.165, 1.54) is 18.7 Å². The third-order valence-electron chi connectivity index (χ3n) is 6.57. The number of aliphatic carboxylic acids is 1. The highest BCUT2D eigenvalue weighted by Gasteiger charge is 2.36. The van der Waals surface area contributed by atoms with Gasteiger partial charge in [-0.25, -0.2) is 0 Å². The minimum absolute atomic E-state index is 0.00607. The van der Waals surface area contributed by atoms with Gasteiger partial charge in [0.2, 0.25) is 25.1 Å². The number of carbonyl (C=O) groups is 4. The third-order valence-corrected chi connectivity index (χ3v) is 8.87. The topological polar surface area (TPSA) is 203 Å². The van der Waals surface area contributed by atoms with Gasteiger partial charge in [-0.2, -0.15) is 5.26 Å². The van der Waals surface area contributed by atoms with Crippen molar-refractivity contribution >= 4 is 31.1 Å². The van der Waals surface area contributed by atoms with E-state index in [1.54, 1.807) is 30.3 Å². The van der Waals surface area contributed by atoms with E-state index in [-0.39, 0.29) is 19.3 Å². The van der Waals surface area contributed by atoms with Gasteiger partial charge in [-0.1, -0.05) is 30.3 Å². The molecule has 0 saturated carbocycles. The molecule has 3 amide bonds. The molecule has 0 spiro atoms. The summed E-state index contributed by atoms with van der Waals surface area (Å²) in [4.78, 5) is 61.2. The molecular formula is C25H36N5O7P. The Morgan fingerprint density at radius 3 is 2.47 bits per heavy atom. The highest BCUT2D eigenvalue weighted by molar-refractivity contribution is 7.58. The molecule has 1 aliphatic heterocycles. The molecule has 1 aliphatic rings. The minimum atomic E-state index is -4.13. The van der Waals surface area contributed by atoms with Gasteiger partial charge in [0.25, 0.3) is 0 Å². The largest absolute Gasteiger partial charge is 0.480 e. The number of nitrogens with zero attached hydrogens (tertiary/aromatic N) is 2. The summed E-state index contributed by atoms with van der Waals surface area (Å²) in [6, 6.07) is 8.16. The Morgan fingerprint density at radius 1 is 1.21 bits per heavy atom. The first-order valence-electron chi connectivity index (χ1n) is 12.5. The van der Waals surface area contributed by atoms with Crippen LogP contribution in [0.2, 0.25) is 0 Å². The van der Waals surface area contributed by atoms with Crippen LogP contribution in [-0.4, -0.2) is 75.2 Å². The van der Waals surface area contributed by atoms with E-state index in [0.29, 0.717) is 19.4 Å². The summed E-state index contributed by atoms with van der Waals surface area (Å²) in [5, 5.41) is 23.1. The average Bonchev–Trinajstić information content (AvgIpc) is 3.35. The molecule has 12 nitrogen and oxygen atoms in total. The monoisotopic (exact) mass is 549 g/mol. The molecule has 208 valence electrons.